The third-order valence-corrected chi connectivity index (χ3v) is 7.63. The molecule has 3 aliphatic rings. The van der Waals surface area contributed by atoms with Crippen LogP contribution in [0.5, 0.6) is 0 Å². The predicted molar refractivity (Wildman–Crippen MR) is 127 cm³/mol. The zero-order valence-electron chi connectivity index (χ0n) is 19.5. The van der Waals surface area contributed by atoms with Gasteiger partial charge in [-0.25, -0.2) is 9.78 Å². The van der Waals surface area contributed by atoms with Gasteiger partial charge < -0.3 is 19.3 Å². The lowest BCUT2D eigenvalue weighted by Crippen LogP contribution is -2.44. The third-order valence-electron chi connectivity index (χ3n) is 7.63. The molecule has 1 aromatic carbocycles. The normalized spacial score (nSPS) is 22.4. The molecule has 34 heavy (non-hydrogen) atoms. The van der Waals surface area contributed by atoms with Crippen LogP contribution in [0, 0.1) is 0 Å². The van der Waals surface area contributed by atoms with Crippen LogP contribution in [0.25, 0.3) is 22.3 Å². The molecule has 8 heteroatoms. The highest BCUT2D eigenvalue weighted by atomic mass is 16.6. The average Bonchev–Trinajstić information content (AvgIpc) is 3.20. The molecule has 0 amide bonds. The molecule has 2 aromatic heterocycles. The summed E-state index contributed by atoms with van der Waals surface area (Å²) in [6, 6.07) is 10.1. The zero-order valence-corrected chi connectivity index (χ0v) is 19.5. The molecule has 1 fully saturated rings. The van der Waals surface area contributed by atoms with E-state index in [-0.39, 0.29) is 18.6 Å². The number of esters is 1. The van der Waals surface area contributed by atoms with E-state index in [2.05, 4.69) is 29.0 Å². The first kappa shape index (κ1) is 21.5. The standard InChI is InChI=1S/C26H28N4O4/c1-3-26(33)20-12-22-23-17(14-30(22)24(31)19(20)15-34-25(26)32)11-18-16(5-4-6-21(18)27-23)13-29-9-7-28(2)8-10-29/h4-6,11-12,33H,3,7-10,13-15H2,1-2H3/t26-/m0/s1. The number of carbonyl (C=O) groups excluding carboxylic acids is 1. The minimum absolute atomic E-state index is 0.115. The molecule has 1 atom stereocenters. The van der Waals surface area contributed by atoms with Gasteiger partial charge in [-0.2, -0.15) is 0 Å². The molecule has 1 N–H and O–H groups in total. The van der Waals surface area contributed by atoms with E-state index in [9.17, 15) is 14.7 Å². The number of rotatable bonds is 3. The second-order valence-corrected chi connectivity index (χ2v) is 9.66. The van der Waals surface area contributed by atoms with Crippen molar-refractivity contribution in [2.75, 3.05) is 33.2 Å². The average molecular weight is 461 g/mol. The van der Waals surface area contributed by atoms with Crippen molar-refractivity contribution in [3.05, 3.63) is 62.9 Å². The van der Waals surface area contributed by atoms with Crippen LogP contribution < -0.4 is 5.56 Å². The summed E-state index contributed by atoms with van der Waals surface area (Å²) in [5, 5.41) is 12.1. The van der Waals surface area contributed by atoms with E-state index >= 15 is 0 Å². The van der Waals surface area contributed by atoms with E-state index in [0.29, 0.717) is 23.4 Å². The Bertz CT molecular complexity index is 1390. The van der Waals surface area contributed by atoms with E-state index in [1.165, 1.54) is 5.56 Å². The summed E-state index contributed by atoms with van der Waals surface area (Å²) < 4.78 is 6.85. The van der Waals surface area contributed by atoms with Gasteiger partial charge >= 0.3 is 5.97 Å². The lowest BCUT2D eigenvalue weighted by atomic mass is 9.86. The summed E-state index contributed by atoms with van der Waals surface area (Å²) in [5.41, 5.74) is 3.14. The highest BCUT2D eigenvalue weighted by Gasteiger charge is 2.45. The molecular weight excluding hydrogens is 432 g/mol. The van der Waals surface area contributed by atoms with Crippen LogP contribution in [-0.2, 0) is 34.8 Å². The van der Waals surface area contributed by atoms with Crippen molar-refractivity contribution in [1.82, 2.24) is 19.4 Å². The number of likely N-dealkylation sites (N-methyl/N-ethyl adjacent to an activating group) is 1. The first-order chi connectivity index (χ1) is 16.4. The van der Waals surface area contributed by atoms with Gasteiger partial charge in [-0.15, -0.1) is 0 Å². The monoisotopic (exact) mass is 460 g/mol. The summed E-state index contributed by atoms with van der Waals surface area (Å²) in [4.78, 5) is 35.5. The van der Waals surface area contributed by atoms with Gasteiger partial charge in [0.2, 0.25) is 0 Å². The zero-order chi connectivity index (χ0) is 23.6. The number of hydrogen-bond donors (Lipinski definition) is 1. The van der Waals surface area contributed by atoms with Gasteiger partial charge in [-0.3, -0.25) is 9.69 Å². The molecule has 8 nitrogen and oxygen atoms in total. The quantitative estimate of drug-likeness (QED) is 0.467. The van der Waals surface area contributed by atoms with E-state index in [0.717, 1.165) is 54.9 Å². The molecule has 0 radical (unpaired) electrons. The van der Waals surface area contributed by atoms with Crippen LogP contribution in [0.4, 0.5) is 0 Å². The number of nitrogens with zero attached hydrogens (tertiary/aromatic N) is 4. The van der Waals surface area contributed by atoms with Crippen molar-refractivity contribution in [2.45, 2.75) is 38.6 Å². The SMILES string of the molecule is CC[C@@]1(O)C(=O)OCc2c1cc1n(c2=O)Cc2cc3c(CN4CCN(C)CC4)cccc3nc2-1. The fourth-order valence-corrected chi connectivity index (χ4v) is 5.45. The van der Waals surface area contributed by atoms with E-state index < -0.39 is 11.6 Å². The molecule has 0 bridgehead atoms. The van der Waals surface area contributed by atoms with Crippen LogP contribution in [0.15, 0.2) is 35.1 Å². The summed E-state index contributed by atoms with van der Waals surface area (Å²) in [7, 11) is 2.16. The van der Waals surface area contributed by atoms with E-state index in [1.54, 1.807) is 17.6 Å². The van der Waals surface area contributed by atoms with Crippen LogP contribution >= 0.6 is 0 Å². The number of hydrogen-bond acceptors (Lipinski definition) is 7. The summed E-state index contributed by atoms with van der Waals surface area (Å²) >= 11 is 0. The highest BCUT2D eigenvalue weighted by Crippen LogP contribution is 2.39. The maximum atomic E-state index is 13.4. The Balaban J connectivity index is 1.44. The molecule has 0 unspecified atom stereocenters. The molecule has 5 heterocycles. The van der Waals surface area contributed by atoms with Crippen LogP contribution in [0.3, 0.4) is 0 Å². The van der Waals surface area contributed by atoms with Crippen molar-refractivity contribution in [1.29, 1.82) is 0 Å². The molecule has 3 aromatic rings. The molecule has 0 spiro atoms. The molecular formula is C26H28N4O4. The summed E-state index contributed by atoms with van der Waals surface area (Å²) in [6.45, 7) is 7.10. The van der Waals surface area contributed by atoms with Gasteiger partial charge in [-0.1, -0.05) is 19.1 Å². The Kier molecular flexibility index (Phi) is 4.88. The minimum Gasteiger partial charge on any atom is -0.458 e. The number of benzene rings is 1. The first-order valence-electron chi connectivity index (χ1n) is 11.9. The summed E-state index contributed by atoms with van der Waals surface area (Å²) in [6.07, 6.45) is 0.134. The fraction of sp³-hybridized carbons (Fsp3) is 0.423. The Hall–Kier alpha value is -3.07. The number of aliphatic hydroxyl groups is 1. The summed E-state index contributed by atoms with van der Waals surface area (Å²) in [5.74, 6) is -0.704. The van der Waals surface area contributed by atoms with E-state index in [1.807, 2.05) is 12.1 Å². The van der Waals surface area contributed by atoms with Crippen molar-refractivity contribution >= 4 is 16.9 Å². The number of carbonyl (C=O) groups is 1. The van der Waals surface area contributed by atoms with Gasteiger partial charge in [-0.05, 0) is 37.2 Å². The number of pyridine rings is 2. The number of aromatic nitrogens is 2. The van der Waals surface area contributed by atoms with Gasteiger partial charge in [0.15, 0.2) is 5.60 Å². The van der Waals surface area contributed by atoms with Crippen LogP contribution in [0.1, 0.15) is 35.6 Å². The maximum absolute atomic E-state index is 13.4. The second kappa shape index (κ2) is 7.73. The lowest BCUT2D eigenvalue weighted by Gasteiger charge is -2.32. The van der Waals surface area contributed by atoms with Gasteiger partial charge in [0.1, 0.15) is 6.61 Å². The predicted octanol–water partition coefficient (Wildman–Crippen LogP) is 1.83. The largest absolute Gasteiger partial charge is 0.458 e. The number of piperazine rings is 1. The molecule has 1 saturated heterocycles. The second-order valence-electron chi connectivity index (χ2n) is 9.66. The Labute approximate surface area is 197 Å². The Morgan fingerprint density at radius 2 is 1.94 bits per heavy atom. The van der Waals surface area contributed by atoms with Gasteiger partial charge in [0.25, 0.3) is 5.56 Å². The lowest BCUT2D eigenvalue weighted by molar-refractivity contribution is -0.172. The molecule has 0 saturated carbocycles. The molecule has 0 aliphatic carbocycles. The molecule has 6 rings (SSSR count). The van der Waals surface area contributed by atoms with Crippen molar-refractivity contribution < 1.29 is 14.6 Å². The number of ether oxygens (including phenoxy) is 1. The van der Waals surface area contributed by atoms with Crippen LogP contribution in [0.2, 0.25) is 0 Å². The number of cyclic esters (lactones) is 1. The topological polar surface area (TPSA) is 87.9 Å². The first-order valence-corrected chi connectivity index (χ1v) is 11.9. The minimum atomic E-state index is -1.81. The van der Waals surface area contributed by atoms with Gasteiger partial charge in [0, 0.05) is 49.2 Å². The smallest absolute Gasteiger partial charge is 0.343 e. The Morgan fingerprint density at radius 3 is 2.71 bits per heavy atom. The maximum Gasteiger partial charge on any atom is 0.343 e. The molecule has 176 valence electrons. The third kappa shape index (κ3) is 3.13. The van der Waals surface area contributed by atoms with Crippen molar-refractivity contribution in [3.8, 4) is 11.4 Å². The van der Waals surface area contributed by atoms with Crippen LogP contribution in [-0.4, -0.2) is 63.7 Å². The molecule has 3 aliphatic heterocycles. The highest BCUT2D eigenvalue weighted by molar-refractivity contribution is 5.88. The van der Waals surface area contributed by atoms with Crippen molar-refractivity contribution in [2.24, 2.45) is 0 Å². The van der Waals surface area contributed by atoms with Crippen molar-refractivity contribution in [3.63, 3.8) is 0 Å². The Morgan fingerprint density at radius 1 is 1.15 bits per heavy atom. The van der Waals surface area contributed by atoms with E-state index in [4.69, 9.17) is 9.72 Å². The number of fused-ring (bicyclic) bond motifs is 5. The van der Waals surface area contributed by atoms with Gasteiger partial charge in [0.05, 0.1) is 29.0 Å². The fourth-order valence-electron chi connectivity index (χ4n) is 5.45.